The summed E-state index contributed by atoms with van der Waals surface area (Å²) in [5, 5.41) is 20.3. The minimum Gasteiger partial charge on any atom is -0.464 e. The van der Waals surface area contributed by atoms with Gasteiger partial charge in [-0.2, -0.15) is 0 Å². The first-order valence-corrected chi connectivity index (χ1v) is 6.19. The molecular weight excluding hydrogens is 277 g/mol. The number of anilines is 1. The van der Waals surface area contributed by atoms with Gasteiger partial charge in [-0.25, -0.2) is 9.18 Å². The molecule has 1 aromatic carbocycles. The number of methoxy groups -OCH3 is 1. The van der Waals surface area contributed by atoms with Crippen LogP contribution in [0.2, 0.25) is 0 Å². The third-order valence-electron chi connectivity index (χ3n) is 2.77. The highest BCUT2D eigenvalue weighted by Gasteiger charge is 2.10. The van der Waals surface area contributed by atoms with Crippen LogP contribution in [0.5, 0.6) is 0 Å². The van der Waals surface area contributed by atoms with Crippen LogP contribution in [0.3, 0.4) is 0 Å². The van der Waals surface area contributed by atoms with Gasteiger partial charge in [-0.1, -0.05) is 12.1 Å². The molecule has 2 aromatic rings. The van der Waals surface area contributed by atoms with Crippen molar-refractivity contribution in [3.8, 4) is 0 Å². The lowest BCUT2D eigenvalue weighted by Gasteiger charge is -2.12. The van der Waals surface area contributed by atoms with E-state index in [-0.39, 0.29) is 12.2 Å². The van der Waals surface area contributed by atoms with E-state index in [4.69, 9.17) is 0 Å². The predicted molar refractivity (Wildman–Crippen MR) is 73.2 cm³/mol. The quantitative estimate of drug-likeness (QED) is 0.813. The van der Waals surface area contributed by atoms with Gasteiger partial charge in [-0.05, 0) is 29.8 Å². The van der Waals surface area contributed by atoms with E-state index < -0.39 is 17.9 Å². The maximum atomic E-state index is 13.0. The lowest BCUT2D eigenvalue weighted by atomic mass is 10.1. The lowest BCUT2D eigenvalue weighted by Crippen LogP contribution is -2.14. The number of rotatable bonds is 5. The highest BCUT2D eigenvalue weighted by molar-refractivity contribution is 5.86. The minimum atomic E-state index is -0.886. The molecular formula is C14H14FN3O3. The van der Waals surface area contributed by atoms with Crippen molar-refractivity contribution in [2.45, 2.75) is 6.10 Å². The van der Waals surface area contributed by atoms with Crippen molar-refractivity contribution in [1.29, 1.82) is 0 Å². The first-order valence-electron chi connectivity index (χ1n) is 6.19. The molecule has 0 unspecified atom stereocenters. The number of hydrogen-bond donors (Lipinski definition) is 2. The Balaban J connectivity index is 1.95. The van der Waals surface area contributed by atoms with Gasteiger partial charge in [0.05, 0.1) is 13.2 Å². The molecule has 0 bridgehead atoms. The normalized spacial score (nSPS) is 11.8. The van der Waals surface area contributed by atoms with Gasteiger partial charge in [0, 0.05) is 6.54 Å². The molecule has 0 fully saturated rings. The first-order chi connectivity index (χ1) is 10.1. The van der Waals surface area contributed by atoms with Gasteiger partial charge < -0.3 is 15.2 Å². The molecule has 2 N–H and O–H groups in total. The Kier molecular flexibility index (Phi) is 4.78. The van der Waals surface area contributed by atoms with Crippen LogP contribution >= 0.6 is 0 Å². The maximum Gasteiger partial charge on any atom is 0.358 e. The zero-order valence-corrected chi connectivity index (χ0v) is 11.3. The van der Waals surface area contributed by atoms with Gasteiger partial charge >= 0.3 is 5.97 Å². The number of benzene rings is 1. The highest BCUT2D eigenvalue weighted by atomic mass is 19.1. The van der Waals surface area contributed by atoms with Gasteiger partial charge in [-0.3, -0.25) is 0 Å². The van der Waals surface area contributed by atoms with Crippen molar-refractivity contribution < 1.29 is 19.0 Å². The summed E-state index contributed by atoms with van der Waals surface area (Å²) < 4.78 is 17.6. The van der Waals surface area contributed by atoms with Crippen molar-refractivity contribution in [1.82, 2.24) is 10.2 Å². The number of aliphatic hydroxyl groups excluding tert-OH is 1. The largest absolute Gasteiger partial charge is 0.464 e. The predicted octanol–water partition coefficient (Wildman–Crippen LogP) is 1.55. The monoisotopic (exact) mass is 291 g/mol. The average molecular weight is 291 g/mol. The van der Waals surface area contributed by atoms with Gasteiger partial charge in [0.15, 0.2) is 5.69 Å². The molecule has 0 saturated heterocycles. The second kappa shape index (κ2) is 6.76. The third kappa shape index (κ3) is 3.96. The molecule has 1 aromatic heterocycles. The maximum absolute atomic E-state index is 13.0. The van der Waals surface area contributed by atoms with Crippen molar-refractivity contribution in [2.24, 2.45) is 0 Å². The molecule has 7 heteroatoms. The Morgan fingerprint density at radius 1 is 1.38 bits per heavy atom. The molecule has 110 valence electrons. The molecule has 0 aliphatic heterocycles. The molecule has 1 atom stereocenters. The number of aromatic nitrogens is 2. The first kappa shape index (κ1) is 14.9. The lowest BCUT2D eigenvalue weighted by molar-refractivity contribution is 0.0592. The number of nitrogens with one attached hydrogen (secondary N) is 1. The molecule has 0 amide bonds. The van der Waals surface area contributed by atoms with E-state index in [1.54, 1.807) is 6.07 Å². The molecule has 6 nitrogen and oxygen atoms in total. The molecule has 2 rings (SSSR count). The van der Waals surface area contributed by atoms with Crippen molar-refractivity contribution in [3.05, 3.63) is 53.5 Å². The van der Waals surface area contributed by atoms with Gasteiger partial charge in [0.1, 0.15) is 11.6 Å². The van der Waals surface area contributed by atoms with Crippen LogP contribution in [0.4, 0.5) is 10.2 Å². The molecule has 0 spiro atoms. The van der Waals surface area contributed by atoms with Crippen LogP contribution in [0, 0.1) is 5.82 Å². The van der Waals surface area contributed by atoms with E-state index in [1.165, 1.54) is 37.4 Å². The zero-order valence-electron chi connectivity index (χ0n) is 11.3. The number of ether oxygens (including phenoxy) is 1. The highest BCUT2D eigenvalue weighted by Crippen LogP contribution is 2.14. The summed E-state index contributed by atoms with van der Waals surface area (Å²) >= 11 is 0. The van der Waals surface area contributed by atoms with E-state index in [1.807, 2.05) is 0 Å². The van der Waals surface area contributed by atoms with E-state index in [2.05, 4.69) is 20.3 Å². The Morgan fingerprint density at radius 3 is 2.81 bits per heavy atom. The SMILES string of the molecule is COC(=O)c1ccc(NC[C@@H](O)c2cccc(F)c2)nn1. The summed E-state index contributed by atoms with van der Waals surface area (Å²) in [6.45, 7) is 0.135. The smallest absolute Gasteiger partial charge is 0.358 e. The molecule has 0 saturated carbocycles. The summed E-state index contributed by atoms with van der Waals surface area (Å²) in [6.07, 6.45) is -0.886. The second-order valence-electron chi connectivity index (χ2n) is 4.25. The standard InChI is InChI=1S/C14H14FN3O3/c1-21-14(20)11-5-6-13(18-17-11)16-8-12(19)9-3-2-4-10(15)7-9/h2-7,12,19H,8H2,1H3,(H,16,18)/t12-/m1/s1. The van der Waals surface area contributed by atoms with E-state index in [9.17, 15) is 14.3 Å². The summed E-state index contributed by atoms with van der Waals surface area (Å²) in [4.78, 5) is 11.2. The van der Waals surface area contributed by atoms with Crippen molar-refractivity contribution in [3.63, 3.8) is 0 Å². The van der Waals surface area contributed by atoms with Gasteiger partial charge in [-0.15, -0.1) is 10.2 Å². The third-order valence-corrected chi connectivity index (χ3v) is 2.77. The number of carbonyl (C=O) groups excluding carboxylic acids is 1. The van der Waals surface area contributed by atoms with Gasteiger partial charge in [0.2, 0.25) is 0 Å². The Bertz CT molecular complexity index is 619. The molecule has 0 aliphatic carbocycles. The number of hydrogen-bond acceptors (Lipinski definition) is 6. The molecule has 0 aliphatic rings. The minimum absolute atomic E-state index is 0.0914. The van der Waals surface area contributed by atoms with Crippen LogP contribution in [-0.4, -0.2) is 34.9 Å². The van der Waals surface area contributed by atoms with Crippen LogP contribution in [-0.2, 0) is 4.74 Å². The van der Waals surface area contributed by atoms with Crippen LogP contribution < -0.4 is 5.32 Å². The summed E-state index contributed by atoms with van der Waals surface area (Å²) in [7, 11) is 1.26. The number of aliphatic hydroxyl groups is 1. The van der Waals surface area contributed by atoms with Crippen LogP contribution in [0.15, 0.2) is 36.4 Å². The van der Waals surface area contributed by atoms with E-state index >= 15 is 0 Å². The number of nitrogens with zero attached hydrogens (tertiary/aromatic N) is 2. The summed E-state index contributed by atoms with van der Waals surface area (Å²) in [6, 6.07) is 8.71. The average Bonchev–Trinajstić information content (AvgIpc) is 2.52. The second-order valence-corrected chi connectivity index (χ2v) is 4.25. The zero-order chi connectivity index (χ0) is 15.2. The fourth-order valence-corrected chi connectivity index (χ4v) is 1.67. The Labute approximate surface area is 120 Å². The molecule has 1 heterocycles. The summed E-state index contributed by atoms with van der Waals surface area (Å²) in [5.41, 5.74) is 0.551. The Morgan fingerprint density at radius 2 is 2.19 bits per heavy atom. The Hall–Kier alpha value is -2.54. The number of esters is 1. The topological polar surface area (TPSA) is 84.3 Å². The fraction of sp³-hybridized carbons (Fsp3) is 0.214. The van der Waals surface area contributed by atoms with E-state index in [0.29, 0.717) is 11.4 Å². The fourth-order valence-electron chi connectivity index (χ4n) is 1.67. The number of carbonyl (C=O) groups is 1. The van der Waals surface area contributed by atoms with E-state index in [0.717, 1.165) is 0 Å². The van der Waals surface area contributed by atoms with Crippen LogP contribution in [0.25, 0.3) is 0 Å². The van der Waals surface area contributed by atoms with Crippen molar-refractivity contribution >= 4 is 11.8 Å². The van der Waals surface area contributed by atoms with Crippen molar-refractivity contribution in [2.75, 3.05) is 19.0 Å². The van der Waals surface area contributed by atoms with Gasteiger partial charge in [0.25, 0.3) is 0 Å². The molecule has 0 radical (unpaired) electrons. The summed E-state index contributed by atoms with van der Waals surface area (Å²) in [5.74, 6) is -0.597. The number of halogens is 1. The van der Waals surface area contributed by atoms with Crippen LogP contribution in [0.1, 0.15) is 22.2 Å². The molecule has 21 heavy (non-hydrogen) atoms.